The molecule has 2 aromatic rings. The van der Waals surface area contributed by atoms with Crippen molar-refractivity contribution in [3.63, 3.8) is 0 Å². The molecule has 7 heteroatoms. The van der Waals surface area contributed by atoms with E-state index in [0.717, 1.165) is 38.0 Å². The number of carbonyl (C=O) groups excluding carboxylic acids is 1. The van der Waals surface area contributed by atoms with Gasteiger partial charge in [-0.05, 0) is 43.6 Å². The highest BCUT2D eigenvalue weighted by atomic mass is 16.5. The molecule has 1 atom stereocenters. The number of likely N-dealkylation sites (tertiary alicyclic amines) is 1. The summed E-state index contributed by atoms with van der Waals surface area (Å²) >= 11 is 0. The largest absolute Gasteiger partial charge is 0.479 e. The maximum absolute atomic E-state index is 12.6. The van der Waals surface area contributed by atoms with Gasteiger partial charge >= 0.3 is 0 Å². The lowest BCUT2D eigenvalue weighted by atomic mass is 10.1. The van der Waals surface area contributed by atoms with E-state index < -0.39 is 0 Å². The number of hydrogen-bond acceptors (Lipinski definition) is 6. The van der Waals surface area contributed by atoms with Crippen molar-refractivity contribution < 1.29 is 14.1 Å². The monoisotopic (exact) mass is 344 g/mol. The third kappa shape index (κ3) is 4.36. The number of nitrogens with zero attached hydrogens (tertiary/aromatic N) is 4. The molecule has 7 nitrogen and oxygen atoms in total. The fraction of sp³-hybridized carbons (Fsp3) is 0.500. The first-order chi connectivity index (χ1) is 12.2. The first-order valence-corrected chi connectivity index (χ1v) is 8.57. The van der Waals surface area contributed by atoms with Crippen molar-refractivity contribution in [3.8, 4) is 5.88 Å². The van der Waals surface area contributed by atoms with E-state index in [9.17, 15) is 4.79 Å². The molecule has 1 fully saturated rings. The van der Waals surface area contributed by atoms with Gasteiger partial charge in [-0.1, -0.05) is 6.07 Å². The minimum Gasteiger partial charge on any atom is -0.479 e. The molecule has 3 heterocycles. The third-order valence-electron chi connectivity index (χ3n) is 4.65. The average molecular weight is 344 g/mol. The van der Waals surface area contributed by atoms with E-state index in [0.29, 0.717) is 18.5 Å². The van der Waals surface area contributed by atoms with E-state index >= 15 is 0 Å². The molecule has 0 bridgehead atoms. The quantitative estimate of drug-likeness (QED) is 0.828. The Bertz CT molecular complexity index is 689. The Hall–Kier alpha value is -2.41. The summed E-state index contributed by atoms with van der Waals surface area (Å²) in [5.41, 5.74) is 1.07. The van der Waals surface area contributed by atoms with Crippen LogP contribution in [0.2, 0.25) is 0 Å². The molecular formula is C18H24N4O3. The fourth-order valence-electron chi connectivity index (χ4n) is 3.21. The van der Waals surface area contributed by atoms with Gasteiger partial charge in [-0.2, -0.15) is 0 Å². The van der Waals surface area contributed by atoms with E-state index in [1.807, 2.05) is 29.3 Å². The summed E-state index contributed by atoms with van der Waals surface area (Å²) in [6.45, 7) is 2.26. The summed E-state index contributed by atoms with van der Waals surface area (Å²) in [5.74, 6) is 0.437. The molecule has 25 heavy (non-hydrogen) atoms. The van der Waals surface area contributed by atoms with Gasteiger partial charge in [0.1, 0.15) is 0 Å². The Morgan fingerprint density at radius 2 is 2.28 bits per heavy atom. The zero-order valence-corrected chi connectivity index (χ0v) is 14.7. The molecule has 134 valence electrons. The second kappa shape index (κ2) is 8.11. The molecule has 0 radical (unpaired) electrons. The molecule has 1 aliphatic rings. The lowest BCUT2D eigenvalue weighted by Crippen LogP contribution is -2.34. The molecule has 1 saturated heterocycles. The van der Waals surface area contributed by atoms with Gasteiger partial charge in [0.25, 0.3) is 11.8 Å². The summed E-state index contributed by atoms with van der Waals surface area (Å²) in [5, 5.41) is 3.70. The van der Waals surface area contributed by atoms with Gasteiger partial charge in [-0.3, -0.25) is 14.7 Å². The summed E-state index contributed by atoms with van der Waals surface area (Å²) < 4.78 is 10.1. The number of carbonyl (C=O) groups is 1. The number of pyridine rings is 1. The van der Waals surface area contributed by atoms with Gasteiger partial charge < -0.3 is 14.2 Å². The summed E-state index contributed by atoms with van der Waals surface area (Å²) in [4.78, 5) is 21.1. The Balaban J connectivity index is 1.57. The zero-order valence-electron chi connectivity index (χ0n) is 14.7. The highest BCUT2D eigenvalue weighted by Crippen LogP contribution is 2.20. The van der Waals surface area contributed by atoms with Crippen LogP contribution in [0.3, 0.4) is 0 Å². The standard InChI is InChI=1S/C18H24N4O3/c1-21(13-14-6-3-4-9-19-14)15-7-5-10-22(11-8-15)18(23)16-12-17(24-2)20-25-16/h3-4,6,9,12,15H,5,7-8,10-11,13H2,1-2H3/t15-/m0/s1. The molecule has 0 spiro atoms. The second-order valence-corrected chi connectivity index (χ2v) is 6.35. The highest BCUT2D eigenvalue weighted by molar-refractivity contribution is 5.91. The van der Waals surface area contributed by atoms with E-state index in [2.05, 4.69) is 22.1 Å². The van der Waals surface area contributed by atoms with Gasteiger partial charge in [0, 0.05) is 31.9 Å². The van der Waals surface area contributed by atoms with Crippen molar-refractivity contribution in [1.82, 2.24) is 19.9 Å². The van der Waals surface area contributed by atoms with Crippen LogP contribution in [0.25, 0.3) is 0 Å². The maximum Gasteiger partial charge on any atom is 0.292 e. The van der Waals surface area contributed by atoms with Crippen molar-refractivity contribution in [1.29, 1.82) is 0 Å². The van der Waals surface area contributed by atoms with E-state index in [1.54, 1.807) is 0 Å². The van der Waals surface area contributed by atoms with Gasteiger partial charge in [0.05, 0.1) is 18.9 Å². The molecule has 0 aromatic carbocycles. The van der Waals surface area contributed by atoms with Crippen molar-refractivity contribution in [3.05, 3.63) is 41.9 Å². The number of rotatable bonds is 5. The normalized spacial score (nSPS) is 18.2. The van der Waals surface area contributed by atoms with Crippen molar-refractivity contribution in [2.24, 2.45) is 0 Å². The van der Waals surface area contributed by atoms with Crippen LogP contribution in [0.5, 0.6) is 5.88 Å². The van der Waals surface area contributed by atoms with Crippen LogP contribution in [-0.4, -0.2) is 59.1 Å². The number of ether oxygens (including phenoxy) is 1. The van der Waals surface area contributed by atoms with Crippen molar-refractivity contribution in [2.45, 2.75) is 31.8 Å². The molecule has 0 N–H and O–H groups in total. The Kier molecular flexibility index (Phi) is 5.65. The first kappa shape index (κ1) is 17.4. The van der Waals surface area contributed by atoms with Crippen LogP contribution in [-0.2, 0) is 6.54 Å². The Morgan fingerprint density at radius 3 is 3.00 bits per heavy atom. The summed E-state index contributed by atoms with van der Waals surface area (Å²) in [6.07, 6.45) is 4.78. The number of hydrogen-bond donors (Lipinski definition) is 0. The van der Waals surface area contributed by atoms with Crippen molar-refractivity contribution in [2.75, 3.05) is 27.2 Å². The summed E-state index contributed by atoms with van der Waals surface area (Å²) in [7, 11) is 3.62. The summed E-state index contributed by atoms with van der Waals surface area (Å²) in [6, 6.07) is 7.95. The van der Waals surface area contributed by atoms with Crippen LogP contribution in [0.4, 0.5) is 0 Å². The van der Waals surface area contributed by atoms with Gasteiger partial charge in [-0.25, -0.2) is 0 Å². The topological polar surface area (TPSA) is 71.7 Å². The molecule has 3 rings (SSSR count). The van der Waals surface area contributed by atoms with Gasteiger partial charge in [-0.15, -0.1) is 0 Å². The molecule has 1 amide bonds. The van der Waals surface area contributed by atoms with Crippen LogP contribution < -0.4 is 4.74 Å². The lowest BCUT2D eigenvalue weighted by molar-refractivity contribution is 0.0715. The first-order valence-electron chi connectivity index (χ1n) is 8.57. The van der Waals surface area contributed by atoms with Crippen molar-refractivity contribution >= 4 is 5.91 Å². The maximum atomic E-state index is 12.6. The lowest BCUT2D eigenvalue weighted by Gasteiger charge is -2.26. The van der Waals surface area contributed by atoms with E-state index in [-0.39, 0.29) is 11.7 Å². The minimum absolute atomic E-state index is 0.121. The molecule has 0 aliphatic carbocycles. The highest BCUT2D eigenvalue weighted by Gasteiger charge is 2.26. The molecule has 0 unspecified atom stereocenters. The number of methoxy groups -OCH3 is 1. The van der Waals surface area contributed by atoms with Crippen LogP contribution in [0, 0.1) is 0 Å². The van der Waals surface area contributed by atoms with Crippen LogP contribution in [0.1, 0.15) is 35.5 Å². The number of aromatic nitrogens is 2. The molecule has 0 saturated carbocycles. The Morgan fingerprint density at radius 1 is 1.40 bits per heavy atom. The second-order valence-electron chi connectivity index (χ2n) is 6.35. The molecular weight excluding hydrogens is 320 g/mol. The SMILES string of the molecule is COc1cc(C(=O)N2CCC[C@H](N(C)Cc3ccccn3)CC2)on1. The minimum atomic E-state index is -0.121. The van der Waals surface area contributed by atoms with E-state index in [1.165, 1.54) is 13.2 Å². The molecule has 1 aliphatic heterocycles. The fourth-order valence-corrected chi connectivity index (χ4v) is 3.21. The number of amides is 1. The van der Waals surface area contributed by atoms with E-state index in [4.69, 9.17) is 9.26 Å². The average Bonchev–Trinajstić information content (AvgIpc) is 2.98. The third-order valence-corrected chi connectivity index (χ3v) is 4.65. The van der Waals surface area contributed by atoms with Crippen LogP contribution in [0.15, 0.2) is 35.0 Å². The van der Waals surface area contributed by atoms with Crippen LogP contribution >= 0.6 is 0 Å². The van der Waals surface area contributed by atoms with Gasteiger partial charge in [0.2, 0.25) is 5.76 Å². The van der Waals surface area contributed by atoms with Gasteiger partial charge in [0.15, 0.2) is 0 Å². The zero-order chi connectivity index (χ0) is 17.6. The smallest absolute Gasteiger partial charge is 0.292 e. The Labute approximate surface area is 147 Å². The predicted octanol–water partition coefficient (Wildman–Crippen LogP) is 2.20. The molecule has 2 aromatic heterocycles. The predicted molar refractivity (Wildman–Crippen MR) is 92.3 cm³/mol.